The summed E-state index contributed by atoms with van der Waals surface area (Å²) in [6, 6.07) is 72.2. The number of furan rings is 1. The maximum atomic E-state index is 7.42. The summed E-state index contributed by atoms with van der Waals surface area (Å²) in [5, 5.41) is 23.1. The van der Waals surface area contributed by atoms with E-state index < -0.39 is 0 Å². The molecule has 5 heteroatoms. The van der Waals surface area contributed by atoms with Crippen molar-refractivity contribution in [3.63, 3.8) is 0 Å². The minimum Gasteiger partial charge on any atom is -0.455 e. The highest BCUT2D eigenvalue weighted by Gasteiger charge is 2.25. The molecule has 0 saturated heterocycles. The van der Waals surface area contributed by atoms with Gasteiger partial charge in [0.15, 0.2) is 0 Å². The van der Waals surface area contributed by atoms with E-state index in [0.717, 1.165) is 94.6 Å². The third-order valence-electron chi connectivity index (χ3n) is 16.1. The van der Waals surface area contributed by atoms with Gasteiger partial charge in [0, 0.05) is 49.9 Å². The first-order chi connectivity index (χ1) is 41.4. The van der Waals surface area contributed by atoms with Crippen LogP contribution in [0.4, 0.5) is 5.69 Å². The highest BCUT2D eigenvalue weighted by molar-refractivity contribution is 6.30. The number of rotatable bonds is 10. The van der Waals surface area contributed by atoms with Crippen LogP contribution in [-0.4, -0.2) is 9.13 Å². The fourth-order valence-corrected chi connectivity index (χ4v) is 12.2. The van der Waals surface area contributed by atoms with Crippen LogP contribution >= 0.6 is 0 Å². The molecule has 14 aromatic rings. The van der Waals surface area contributed by atoms with E-state index in [1.165, 1.54) is 54.4 Å². The lowest BCUT2D eigenvalue weighted by atomic mass is 10.00. The van der Waals surface area contributed by atoms with Crippen molar-refractivity contribution < 1.29 is 4.42 Å². The Kier molecular flexibility index (Phi) is 14.5. The minimum atomic E-state index is 0.685. The maximum Gasteiger partial charge on any atom is 0.145 e. The molecule has 15 rings (SSSR count). The second-order valence-corrected chi connectivity index (χ2v) is 21.4. The summed E-state index contributed by atoms with van der Waals surface area (Å²) in [5.41, 5.74) is 13.0. The second-order valence-electron chi connectivity index (χ2n) is 21.4. The average Bonchev–Trinajstić information content (AvgIpc) is 3.23. The van der Waals surface area contributed by atoms with E-state index in [1.54, 1.807) is 6.08 Å². The Balaban J connectivity index is 0.000000239. The van der Waals surface area contributed by atoms with Crippen molar-refractivity contribution in [3.05, 3.63) is 297 Å². The summed E-state index contributed by atoms with van der Waals surface area (Å²) in [5.74, 6) is 0.685. The van der Waals surface area contributed by atoms with Gasteiger partial charge in [-0.1, -0.05) is 208 Å². The average molecular weight is 1090 g/mol. The fraction of sp³-hybridized carbons (Fsp3) is 0.0633. The van der Waals surface area contributed by atoms with E-state index in [2.05, 4.69) is 240 Å². The van der Waals surface area contributed by atoms with Gasteiger partial charge in [0.05, 0.1) is 44.2 Å². The molecule has 0 spiro atoms. The highest BCUT2D eigenvalue weighted by Crippen LogP contribution is 2.47. The van der Waals surface area contributed by atoms with Gasteiger partial charge >= 0.3 is 0 Å². The van der Waals surface area contributed by atoms with Crippen LogP contribution in [0, 0.1) is 5.92 Å². The molecule has 3 heterocycles. The molecule has 5 nitrogen and oxygen atoms in total. The first-order valence-corrected chi connectivity index (χ1v) is 28.9. The summed E-state index contributed by atoms with van der Waals surface area (Å²) in [6.07, 6.45) is 27.3. The van der Waals surface area contributed by atoms with E-state index >= 15 is 0 Å². The Bertz CT molecular complexity index is 5070. The number of anilines is 1. The molecule has 0 fully saturated rings. The van der Waals surface area contributed by atoms with Crippen LogP contribution < -0.4 is 10.6 Å². The zero-order chi connectivity index (χ0) is 57.1. The molecule has 406 valence electrons. The Morgan fingerprint density at radius 3 is 1.57 bits per heavy atom. The van der Waals surface area contributed by atoms with E-state index in [9.17, 15) is 0 Å². The molecule has 1 atom stereocenters. The topological polar surface area (TPSA) is 47.1 Å². The third-order valence-corrected chi connectivity index (χ3v) is 16.1. The molecule has 1 aliphatic rings. The van der Waals surface area contributed by atoms with Crippen LogP contribution in [0.15, 0.2) is 291 Å². The highest BCUT2D eigenvalue weighted by atomic mass is 16.3. The largest absolute Gasteiger partial charge is 0.455 e. The van der Waals surface area contributed by atoms with Crippen molar-refractivity contribution >= 4 is 126 Å². The normalized spacial score (nSPS) is 13.7. The minimum absolute atomic E-state index is 0.685. The van der Waals surface area contributed by atoms with Crippen molar-refractivity contribution in [2.45, 2.75) is 27.2 Å². The molecule has 2 N–H and O–H groups in total. The van der Waals surface area contributed by atoms with Gasteiger partial charge in [-0.25, -0.2) is 0 Å². The second kappa shape index (κ2) is 23.1. The van der Waals surface area contributed by atoms with Gasteiger partial charge in [0.2, 0.25) is 0 Å². The summed E-state index contributed by atoms with van der Waals surface area (Å²) in [4.78, 5) is 0. The lowest BCUT2D eigenvalue weighted by Gasteiger charge is -2.14. The van der Waals surface area contributed by atoms with Crippen LogP contribution in [0.5, 0.6) is 0 Å². The molecule has 11 aromatic carbocycles. The third kappa shape index (κ3) is 9.65. The monoisotopic (exact) mass is 1080 g/mol. The van der Waals surface area contributed by atoms with E-state index in [0.29, 0.717) is 5.92 Å². The quantitative estimate of drug-likeness (QED) is 0.106. The number of hydrogen-bond acceptors (Lipinski definition) is 3. The zero-order valence-electron chi connectivity index (χ0n) is 47.6. The molecular formula is C79H64N4O. The SMILES string of the molecule is C/C=C\C=C\NC1=CCC(C)C=C1.C=C/C=C\c1ccccc1.C=Cc1ccc2c(c1)c1c3oc4c(ccc5c4c4cc(N/C=C/C)ccc4n5-c4cc5ccccc5c5ccccc45)c3ccc1n2-c1cc2ccccc2c2ccccc12. The summed E-state index contributed by atoms with van der Waals surface area (Å²) in [7, 11) is 0. The first-order valence-electron chi connectivity index (χ1n) is 28.9. The first kappa shape index (κ1) is 52.7. The lowest BCUT2D eigenvalue weighted by Crippen LogP contribution is -2.06. The lowest BCUT2D eigenvalue weighted by molar-refractivity contribution is 0.677. The van der Waals surface area contributed by atoms with Gasteiger partial charge in [-0.3, -0.25) is 0 Å². The van der Waals surface area contributed by atoms with Gasteiger partial charge in [-0.15, -0.1) is 0 Å². The molecule has 84 heavy (non-hydrogen) atoms. The number of aromatic nitrogens is 2. The zero-order valence-corrected chi connectivity index (χ0v) is 47.6. The van der Waals surface area contributed by atoms with Crippen LogP contribution in [-0.2, 0) is 0 Å². The molecule has 0 saturated carbocycles. The number of allylic oxidation sites excluding steroid dienone is 9. The van der Waals surface area contributed by atoms with Gasteiger partial charge in [0.25, 0.3) is 0 Å². The summed E-state index contributed by atoms with van der Waals surface area (Å²) < 4.78 is 12.3. The number of hydrogen-bond donors (Lipinski definition) is 2. The van der Waals surface area contributed by atoms with Gasteiger partial charge in [-0.2, -0.15) is 0 Å². The van der Waals surface area contributed by atoms with Crippen LogP contribution in [0.2, 0.25) is 0 Å². The van der Waals surface area contributed by atoms with E-state index in [1.807, 2.05) is 87.0 Å². The molecule has 0 radical (unpaired) electrons. The van der Waals surface area contributed by atoms with Crippen LogP contribution in [0.1, 0.15) is 38.3 Å². The molecule has 0 amide bonds. The van der Waals surface area contributed by atoms with Gasteiger partial charge < -0.3 is 24.2 Å². The van der Waals surface area contributed by atoms with E-state index in [4.69, 9.17) is 4.42 Å². The predicted molar refractivity (Wildman–Crippen MR) is 365 cm³/mol. The van der Waals surface area contributed by atoms with Crippen LogP contribution in [0.3, 0.4) is 0 Å². The van der Waals surface area contributed by atoms with Crippen molar-refractivity contribution in [1.29, 1.82) is 0 Å². The number of fused-ring (bicyclic) bond motifs is 17. The molecule has 0 aliphatic heterocycles. The molecular weight excluding hydrogens is 1020 g/mol. The smallest absolute Gasteiger partial charge is 0.145 e. The molecule has 3 aromatic heterocycles. The van der Waals surface area contributed by atoms with Crippen molar-refractivity contribution in [3.8, 4) is 11.4 Å². The number of benzene rings is 11. The number of nitrogens with zero attached hydrogens (tertiary/aromatic N) is 2. The number of nitrogens with one attached hydrogen (secondary N) is 2. The van der Waals surface area contributed by atoms with Crippen molar-refractivity contribution in [1.82, 2.24) is 14.5 Å². The Morgan fingerprint density at radius 2 is 1.01 bits per heavy atom. The van der Waals surface area contributed by atoms with Crippen molar-refractivity contribution in [2.75, 3.05) is 5.32 Å². The van der Waals surface area contributed by atoms with Crippen molar-refractivity contribution in [2.24, 2.45) is 5.92 Å². The van der Waals surface area contributed by atoms with Gasteiger partial charge in [0.1, 0.15) is 11.2 Å². The van der Waals surface area contributed by atoms with Crippen LogP contribution in [0.25, 0.3) is 132 Å². The summed E-state index contributed by atoms with van der Waals surface area (Å²) >= 11 is 0. The molecule has 1 unspecified atom stereocenters. The molecule has 0 bridgehead atoms. The Morgan fingerprint density at radius 1 is 0.464 bits per heavy atom. The fourth-order valence-electron chi connectivity index (χ4n) is 12.2. The molecule has 1 aliphatic carbocycles. The maximum absolute atomic E-state index is 7.42. The van der Waals surface area contributed by atoms with Gasteiger partial charge in [-0.05, 0) is 155 Å². The van der Waals surface area contributed by atoms with E-state index in [-0.39, 0.29) is 0 Å². The Hall–Kier alpha value is -10.6. The summed E-state index contributed by atoms with van der Waals surface area (Å²) in [6.45, 7) is 14.0. The standard InChI is InChI=1S/C57H37N3O.C12H17N.C10H10/c1-3-29-58-37-22-26-49-47(33-37)55-51(60(49)53-32-36-14-6-8-16-39(36)41-18-10-12-20-43(41)53)28-24-45-44-23-27-50-54(56(44)61-57(45)55)46-30-34(4-2)21-25-48(46)59(50)52-31-35-13-5-7-15-38(35)40-17-9-11-19-42(40)52;1-3-4-5-10-13-12-8-6-11(2)7-9-12;1-2-3-7-10-8-5-4-6-9-10/h3-33,58H,2H2,1H3;3-6,8-11,13H,7H2,1-2H3;2-9H,1H2/b29-3+;4-3-,10-5+;7-3-. The predicted octanol–water partition coefficient (Wildman–Crippen LogP) is 22.0. The Labute approximate surface area is 489 Å².